The first-order valence-electron chi connectivity index (χ1n) is 5.70. The van der Waals surface area contributed by atoms with E-state index < -0.39 is 34.4 Å². The third kappa shape index (κ3) is 1.83. The molecule has 5 heteroatoms. The molecule has 18 heavy (non-hydrogen) atoms. The summed E-state index contributed by atoms with van der Waals surface area (Å²) in [6, 6.07) is 1.84. The van der Waals surface area contributed by atoms with Gasteiger partial charge in [-0.3, -0.25) is 4.79 Å². The zero-order chi connectivity index (χ0) is 13.5. The van der Waals surface area contributed by atoms with Crippen LogP contribution in [-0.4, -0.2) is 25.0 Å². The summed E-state index contributed by atoms with van der Waals surface area (Å²) in [4.78, 5) is 12.3. The molecule has 1 saturated heterocycles. The van der Waals surface area contributed by atoms with Crippen molar-refractivity contribution < 1.29 is 18.3 Å². The van der Waals surface area contributed by atoms with Crippen molar-refractivity contribution in [2.45, 2.75) is 19.9 Å². The van der Waals surface area contributed by atoms with Gasteiger partial charge in [0.2, 0.25) is 0 Å². The summed E-state index contributed by atoms with van der Waals surface area (Å²) in [5.41, 5.74) is 4.44. The summed E-state index contributed by atoms with van der Waals surface area (Å²) >= 11 is 0. The van der Waals surface area contributed by atoms with Crippen LogP contribution in [0.25, 0.3) is 0 Å². The van der Waals surface area contributed by atoms with E-state index in [0.717, 1.165) is 6.07 Å². The molecule has 0 radical (unpaired) electrons. The highest BCUT2D eigenvalue weighted by Crippen LogP contribution is 2.33. The van der Waals surface area contributed by atoms with Crippen molar-refractivity contribution in [3.63, 3.8) is 0 Å². The number of ketones is 1. The molecule has 2 N–H and O–H groups in total. The fourth-order valence-electron chi connectivity index (χ4n) is 2.07. The molecule has 98 valence electrons. The third-order valence-corrected chi connectivity index (χ3v) is 3.55. The van der Waals surface area contributed by atoms with E-state index >= 15 is 0 Å². The van der Waals surface area contributed by atoms with Crippen LogP contribution in [0, 0.1) is 24.0 Å². The van der Waals surface area contributed by atoms with Crippen LogP contribution in [0.4, 0.5) is 8.78 Å². The molecular weight excluding hydrogens is 240 g/mol. The summed E-state index contributed by atoms with van der Waals surface area (Å²) in [7, 11) is 0. The van der Waals surface area contributed by atoms with E-state index in [1.807, 2.05) is 0 Å². The van der Waals surface area contributed by atoms with E-state index in [-0.39, 0.29) is 18.8 Å². The average molecular weight is 255 g/mol. The maximum atomic E-state index is 13.9. The van der Waals surface area contributed by atoms with Gasteiger partial charge in [0.1, 0.15) is 11.6 Å². The predicted octanol–water partition coefficient (Wildman–Crippen LogP) is 1.82. The minimum Gasteiger partial charge on any atom is -0.379 e. The normalized spacial score (nSPS) is 27.5. The minimum atomic E-state index is -1.07. The van der Waals surface area contributed by atoms with Crippen molar-refractivity contribution in [1.29, 1.82) is 0 Å². The van der Waals surface area contributed by atoms with Gasteiger partial charge < -0.3 is 10.5 Å². The Hall–Kier alpha value is -1.33. The molecule has 0 spiro atoms. The van der Waals surface area contributed by atoms with Crippen molar-refractivity contribution >= 4 is 5.78 Å². The van der Waals surface area contributed by atoms with Crippen molar-refractivity contribution in [1.82, 2.24) is 0 Å². The molecule has 1 aliphatic rings. The van der Waals surface area contributed by atoms with Gasteiger partial charge in [-0.1, -0.05) is 6.07 Å². The van der Waals surface area contributed by atoms with Gasteiger partial charge in [0.05, 0.1) is 24.2 Å². The van der Waals surface area contributed by atoms with Gasteiger partial charge in [-0.05, 0) is 25.5 Å². The Morgan fingerprint density at radius 1 is 1.50 bits per heavy atom. The standard InChI is InChI=1S/C13H15F2NO2/c1-7-3-4-8(14)10(11(7)15)12(17)13(2)6-18-5-9(13)16/h3-4,9H,5-6,16H2,1-2H3. The van der Waals surface area contributed by atoms with Crippen LogP contribution < -0.4 is 5.73 Å². The van der Waals surface area contributed by atoms with Crippen molar-refractivity contribution in [2.75, 3.05) is 13.2 Å². The highest BCUT2D eigenvalue weighted by atomic mass is 19.1. The first kappa shape index (κ1) is 13.1. The molecule has 1 aliphatic heterocycles. The second-order valence-electron chi connectivity index (χ2n) is 4.92. The second-order valence-corrected chi connectivity index (χ2v) is 4.92. The molecule has 1 heterocycles. The van der Waals surface area contributed by atoms with E-state index in [2.05, 4.69) is 0 Å². The third-order valence-electron chi connectivity index (χ3n) is 3.55. The fraction of sp³-hybridized carbons (Fsp3) is 0.462. The van der Waals surface area contributed by atoms with E-state index in [0.29, 0.717) is 0 Å². The molecule has 0 aliphatic carbocycles. The lowest BCUT2D eigenvalue weighted by Gasteiger charge is -2.25. The van der Waals surface area contributed by atoms with E-state index in [4.69, 9.17) is 10.5 Å². The molecule has 2 rings (SSSR count). The molecule has 3 nitrogen and oxygen atoms in total. The monoisotopic (exact) mass is 255 g/mol. The second kappa shape index (κ2) is 4.40. The Kier molecular flexibility index (Phi) is 3.21. The number of Topliss-reactive ketones (excluding diaryl/α,β-unsaturated/α-hetero) is 1. The number of aryl methyl sites for hydroxylation is 1. The number of nitrogens with two attached hydrogens (primary N) is 1. The number of halogens is 2. The van der Waals surface area contributed by atoms with E-state index in [9.17, 15) is 13.6 Å². The van der Waals surface area contributed by atoms with Crippen molar-refractivity contribution in [2.24, 2.45) is 11.1 Å². The first-order valence-corrected chi connectivity index (χ1v) is 5.70. The maximum Gasteiger partial charge on any atom is 0.178 e. The highest BCUT2D eigenvalue weighted by molar-refractivity contribution is 6.01. The quantitative estimate of drug-likeness (QED) is 0.820. The Morgan fingerprint density at radius 2 is 2.17 bits per heavy atom. The lowest BCUT2D eigenvalue weighted by atomic mass is 9.78. The van der Waals surface area contributed by atoms with Crippen LogP contribution in [0.2, 0.25) is 0 Å². The molecule has 0 aromatic heterocycles. The van der Waals surface area contributed by atoms with E-state index in [1.54, 1.807) is 6.92 Å². The molecule has 2 atom stereocenters. The van der Waals surface area contributed by atoms with Crippen LogP contribution in [-0.2, 0) is 4.74 Å². The topological polar surface area (TPSA) is 52.3 Å². The van der Waals surface area contributed by atoms with Crippen LogP contribution in [0.15, 0.2) is 12.1 Å². The lowest BCUT2D eigenvalue weighted by molar-refractivity contribution is 0.0758. The Balaban J connectivity index is 2.50. The Bertz CT molecular complexity index is 504. The molecule has 1 fully saturated rings. The number of rotatable bonds is 2. The molecule has 2 unspecified atom stereocenters. The molecule has 0 saturated carbocycles. The average Bonchev–Trinajstić information content (AvgIpc) is 2.66. The van der Waals surface area contributed by atoms with Crippen LogP contribution >= 0.6 is 0 Å². The van der Waals surface area contributed by atoms with Crippen molar-refractivity contribution in [3.05, 3.63) is 34.9 Å². The van der Waals surface area contributed by atoms with E-state index in [1.165, 1.54) is 13.0 Å². The fourth-order valence-corrected chi connectivity index (χ4v) is 2.07. The van der Waals surface area contributed by atoms with Crippen molar-refractivity contribution in [3.8, 4) is 0 Å². The van der Waals surface area contributed by atoms with Gasteiger partial charge >= 0.3 is 0 Å². The van der Waals surface area contributed by atoms with Crippen LogP contribution in [0.3, 0.4) is 0 Å². The van der Waals surface area contributed by atoms with Gasteiger partial charge in [-0.25, -0.2) is 8.78 Å². The summed E-state index contributed by atoms with van der Waals surface area (Å²) < 4.78 is 32.7. The van der Waals surface area contributed by atoms with Gasteiger partial charge in [0.25, 0.3) is 0 Å². The minimum absolute atomic E-state index is 0.0832. The summed E-state index contributed by atoms with van der Waals surface area (Å²) in [6.45, 7) is 3.37. The lowest BCUT2D eigenvalue weighted by Crippen LogP contribution is -2.45. The molecular formula is C13H15F2NO2. The van der Waals surface area contributed by atoms with Gasteiger partial charge in [0, 0.05) is 6.04 Å². The summed E-state index contributed by atoms with van der Waals surface area (Å²) in [5.74, 6) is -2.31. The van der Waals surface area contributed by atoms with Gasteiger partial charge in [-0.2, -0.15) is 0 Å². The molecule has 1 aromatic rings. The largest absolute Gasteiger partial charge is 0.379 e. The maximum absolute atomic E-state index is 13.9. The zero-order valence-electron chi connectivity index (χ0n) is 10.3. The number of hydrogen-bond donors (Lipinski definition) is 1. The number of carbonyl (C=O) groups is 1. The van der Waals surface area contributed by atoms with Gasteiger partial charge in [-0.15, -0.1) is 0 Å². The first-order chi connectivity index (χ1) is 8.38. The SMILES string of the molecule is Cc1ccc(F)c(C(=O)C2(C)COCC2N)c1F. The number of benzene rings is 1. The zero-order valence-corrected chi connectivity index (χ0v) is 10.3. The number of hydrogen-bond acceptors (Lipinski definition) is 3. The molecule has 0 amide bonds. The van der Waals surface area contributed by atoms with Crippen LogP contribution in [0.1, 0.15) is 22.8 Å². The summed E-state index contributed by atoms with van der Waals surface area (Å²) in [5, 5.41) is 0. The van der Waals surface area contributed by atoms with Gasteiger partial charge in [0.15, 0.2) is 5.78 Å². The predicted molar refractivity (Wildman–Crippen MR) is 62.3 cm³/mol. The number of carbonyl (C=O) groups excluding carboxylic acids is 1. The summed E-state index contributed by atoms with van der Waals surface area (Å²) in [6.07, 6.45) is 0. The Morgan fingerprint density at radius 3 is 2.72 bits per heavy atom. The smallest absolute Gasteiger partial charge is 0.178 e. The Labute approximate surface area is 104 Å². The number of ether oxygens (including phenoxy) is 1. The highest BCUT2D eigenvalue weighted by Gasteiger charge is 2.46. The van der Waals surface area contributed by atoms with Crippen LogP contribution in [0.5, 0.6) is 0 Å². The molecule has 0 bridgehead atoms. The molecule has 1 aromatic carbocycles.